The SMILES string of the molecule is Cc1ccc(-c2cc(CNC3CCCC3)c(=O)n(C)n2)cc1. The van der Waals surface area contributed by atoms with Gasteiger partial charge in [0.15, 0.2) is 0 Å². The Hall–Kier alpha value is -1.94. The molecule has 116 valence electrons. The molecule has 0 saturated heterocycles. The number of aryl methyl sites for hydroxylation is 2. The van der Waals surface area contributed by atoms with Crippen LogP contribution in [-0.2, 0) is 13.6 Å². The van der Waals surface area contributed by atoms with Gasteiger partial charge in [0.1, 0.15) is 0 Å². The first-order chi connectivity index (χ1) is 10.6. The zero-order valence-corrected chi connectivity index (χ0v) is 13.3. The van der Waals surface area contributed by atoms with Crippen LogP contribution in [0.4, 0.5) is 0 Å². The van der Waals surface area contributed by atoms with Gasteiger partial charge in [-0.3, -0.25) is 4.79 Å². The maximum absolute atomic E-state index is 12.3. The maximum Gasteiger partial charge on any atom is 0.271 e. The van der Waals surface area contributed by atoms with Crippen molar-refractivity contribution in [2.24, 2.45) is 7.05 Å². The van der Waals surface area contributed by atoms with E-state index in [0.29, 0.717) is 12.6 Å². The van der Waals surface area contributed by atoms with E-state index in [4.69, 9.17) is 0 Å². The zero-order valence-electron chi connectivity index (χ0n) is 13.3. The second-order valence-electron chi connectivity index (χ2n) is 6.21. The van der Waals surface area contributed by atoms with E-state index in [2.05, 4.69) is 41.6 Å². The number of hydrogen-bond acceptors (Lipinski definition) is 3. The van der Waals surface area contributed by atoms with E-state index in [1.165, 1.54) is 35.9 Å². The Balaban J connectivity index is 1.85. The molecule has 0 spiro atoms. The summed E-state index contributed by atoms with van der Waals surface area (Å²) < 4.78 is 1.45. The van der Waals surface area contributed by atoms with Crippen LogP contribution in [0, 0.1) is 6.92 Å². The monoisotopic (exact) mass is 297 g/mol. The number of hydrogen-bond donors (Lipinski definition) is 1. The normalized spacial score (nSPS) is 15.4. The molecule has 1 heterocycles. The lowest BCUT2D eigenvalue weighted by Gasteiger charge is -2.13. The molecule has 3 rings (SSSR count). The molecule has 0 amide bonds. The molecule has 0 bridgehead atoms. The maximum atomic E-state index is 12.3. The van der Waals surface area contributed by atoms with Crippen molar-refractivity contribution in [2.75, 3.05) is 0 Å². The minimum atomic E-state index is -0.0126. The number of rotatable bonds is 4. The third kappa shape index (κ3) is 3.28. The van der Waals surface area contributed by atoms with Crippen molar-refractivity contribution in [2.45, 2.75) is 45.2 Å². The van der Waals surface area contributed by atoms with Crippen LogP contribution in [0.1, 0.15) is 36.8 Å². The van der Waals surface area contributed by atoms with Gasteiger partial charge in [0, 0.05) is 30.8 Å². The van der Waals surface area contributed by atoms with Crippen molar-refractivity contribution in [1.82, 2.24) is 15.1 Å². The third-order valence-corrected chi connectivity index (χ3v) is 4.42. The van der Waals surface area contributed by atoms with Gasteiger partial charge in [0.2, 0.25) is 0 Å². The Bertz CT molecular complexity index is 697. The molecule has 0 radical (unpaired) electrons. The highest BCUT2D eigenvalue weighted by molar-refractivity contribution is 5.59. The van der Waals surface area contributed by atoms with Gasteiger partial charge >= 0.3 is 0 Å². The number of nitrogens with one attached hydrogen (secondary N) is 1. The first-order valence-electron chi connectivity index (χ1n) is 8.01. The molecule has 1 aliphatic rings. The van der Waals surface area contributed by atoms with E-state index in [-0.39, 0.29) is 5.56 Å². The molecule has 4 nitrogen and oxygen atoms in total. The molecule has 22 heavy (non-hydrogen) atoms. The molecule has 0 atom stereocenters. The van der Waals surface area contributed by atoms with E-state index in [1.807, 2.05) is 6.07 Å². The number of aromatic nitrogens is 2. The molecule has 1 N–H and O–H groups in total. The Morgan fingerprint density at radius 1 is 1.23 bits per heavy atom. The Morgan fingerprint density at radius 3 is 2.59 bits per heavy atom. The Labute approximate surface area is 131 Å². The lowest BCUT2D eigenvalue weighted by molar-refractivity contribution is 0.518. The summed E-state index contributed by atoms with van der Waals surface area (Å²) in [5.41, 5.74) is 3.90. The number of benzene rings is 1. The predicted octanol–water partition coefficient (Wildman–Crippen LogP) is 2.79. The topological polar surface area (TPSA) is 46.9 Å². The second kappa shape index (κ2) is 6.44. The third-order valence-electron chi connectivity index (χ3n) is 4.42. The van der Waals surface area contributed by atoms with E-state index >= 15 is 0 Å². The summed E-state index contributed by atoms with van der Waals surface area (Å²) in [5, 5.41) is 7.90. The van der Waals surface area contributed by atoms with Gasteiger partial charge in [-0.15, -0.1) is 0 Å². The molecular formula is C18H23N3O. The first-order valence-corrected chi connectivity index (χ1v) is 8.01. The summed E-state index contributed by atoms with van der Waals surface area (Å²) in [5.74, 6) is 0. The van der Waals surface area contributed by atoms with E-state index in [1.54, 1.807) is 7.05 Å². The fourth-order valence-electron chi connectivity index (χ4n) is 3.05. The van der Waals surface area contributed by atoms with Gasteiger partial charge < -0.3 is 5.32 Å². The van der Waals surface area contributed by atoms with E-state index in [9.17, 15) is 4.79 Å². The minimum Gasteiger partial charge on any atom is -0.310 e. The molecule has 1 aliphatic carbocycles. The molecular weight excluding hydrogens is 274 g/mol. The van der Waals surface area contributed by atoms with Crippen molar-refractivity contribution >= 4 is 0 Å². The predicted molar refractivity (Wildman–Crippen MR) is 88.7 cm³/mol. The van der Waals surface area contributed by atoms with E-state index in [0.717, 1.165) is 16.8 Å². The first kappa shape index (κ1) is 15.0. The standard InChI is InChI=1S/C18H23N3O/c1-13-7-9-14(10-8-13)17-11-15(18(22)21(2)20-17)12-19-16-5-3-4-6-16/h7-11,16,19H,3-6,12H2,1-2H3. The van der Waals surface area contributed by atoms with Crippen LogP contribution < -0.4 is 10.9 Å². The van der Waals surface area contributed by atoms with Gasteiger partial charge in [-0.2, -0.15) is 5.10 Å². The van der Waals surface area contributed by atoms with Gasteiger partial charge in [-0.1, -0.05) is 42.7 Å². The van der Waals surface area contributed by atoms with Crippen LogP contribution >= 0.6 is 0 Å². The van der Waals surface area contributed by atoms with Crippen molar-refractivity contribution in [1.29, 1.82) is 0 Å². The molecule has 2 aromatic rings. The smallest absolute Gasteiger partial charge is 0.271 e. The molecule has 1 aromatic carbocycles. The van der Waals surface area contributed by atoms with Crippen LogP contribution in [0.25, 0.3) is 11.3 Å². The molecule has 0 unspecified atom stereocenters. The molecule has 4 heteroatoms. The van der Waals surface area contributed by atoms with Crippen molar-refractivity contribution < 1.29 is 0 Å². The van der Waals surface area contributed by atoms with Crippen LogP contribution in [0.3, 0.4) is 0 Å². The average Bonchev–Trinajstić information content (AvgIpc) is 3.03. The van der Waals surface area contributed by atoms with Gasteiger partial charge in [-0.05, 0) is 25.8 Å². The molecule has 1 saturated carbocycles. The summed E-state index contributed by atoms with van der Waals surface area (Å²) in [7, 11) is 1.72. The van der Waals surface area contributed by atoms with Gasteiger partial charge in [0.05, 0.1) is 5.69 Å². The quantitative estimate of drug-likeness (QED) is 0.944. The molecule has 0 aliphatic heterocycles. The Morgan fingerprint density at radius 2 is 1.91 bits per heavy atom. The number of nitrogens with zero attached hydrogens (tertiary/aromatic N) is 2. The minimum absolute atomic E-state index is 0.0126. The van der Waals surface area contributed by atoms with E-state index < -0.39 is 0 Å². The molecule has 1 aromatic heterocycles. The largest absolute Gasteiger partial charge is 0.310 e. The van der Waals surface area contributed by atoms with Gasteiger partial charge in [0.25, 0.3) is 5.56 Å². The lowest BCUT2D eigenvalue weighted by atomic mass is 10.1. The summed E-state index contributed by atoms with van der Waals surface area (Å²) in [6, 6.07) is 10.7. The highest BCUT2D eigenvalue weighted by Gasteiger charge is 2.15. The van der Waals surface area contributed by atoms with Gasteiger partial charge in [-0.25, -0.2) is 4.68 Å². The lowest BCUT2D eigenvalue weighted by Crippen LogP contribution is -2.31. The molecule has 1 fully saturated rings. The highest BCUT2D eigenvalue weighted by Crippen LogP contribution is 2.19. The van der Waals surface area contributed by atoms with Crippen LogP contribution in [0.2, 0.25) is 0 Å². The fourth-order valence-corrected chi connectivity index (χ4v) is 3.05. The van der Waals surface area contributed by atoms with Crippen molar-refractivity contribution in [3.63, 3.8) is 0 Å². The summed E-state index contributed by atoms with van der Waals surface area (Å²) >= 11 is 0. The van der Waals surface area contributed by atoms with Crippen LogP contribution in [0.15, 0.2) is 35.1 Å². The van der Waals surface area contributed by atoms with Crippen molar-refractivity contribution in [3.8, 4) is 11.3 Å². The van der Waals surface area contributed by atoms with Crippen LogP contribution in [0.5, 0.6) is 0 Å². The highest BCUT2D eigenvalue weighted by atomic mass is 16.1. The summed E-state index contributed by atoms with van der Waals surface area (Å²) in [6.45, 7) is 2.69. The summed E-state index contributed by atoms with van der Waals surface area (Å²) in [6.07, 6.45) is 5.02. The van der Waals surface area contributed by atoms with Crippen molar-refractivity contribution in [3.05, 3.63) is 51.8 Å². The Kier molecular flexibility index (Phi) is 4.39. The summed E-state index contributed by atoms with van der Waals surface area (Å²) in [4.78, 5) is 12.3. The second-order valence-corrected chi connectivity index (χ2v) is 6.21. The zero-order chi connectivity index (χ0) is 15.5. The average molecular weight is 297 g/mol. The fraction of sp³-hybridized carbons (Fsp3) is 0.444. The van der Waals surface area contributed by atoms with Crippen LogP contribution in [-0.4, -0.2) is 15.8 Å².